The lowest BCUT2D eigenvalue weighted by molar-refractivity contribution is -0.148. The molecule has 0 radical (unpaired) electrons. The second-order valence-electron chi connectivity index (χ2n) is 6.51. The van der Waals surface area contributed by atoms with Crippen LogP contribution in [0.1, 0.15) is 33.6 Å². The number of nitrogens with one attached hydrogen (secondary N) is 1. The molecule has 1 aromatic rings. The number of hydrogen-bond donors (Lipinski definition) is 1. The first-order valence-corrected chi connectivity index (χ1v) is 10.1. The molecule has 2 rings (SSSR count). The topological polar surface area (TPSA) is 55.4 Å². The fourth-order valence-electron chi connectivity index (χ4n) is 2.34. The molecule has 1 amide bonds. The van der Waals surface area contributed by atoms with Crippen LogP contribution >= 0.6 is 23.5 Å². The van der Waals surface area contributed by atoms with Gasteiger partial charge in [-0.25, -0.2) is 4.79 Å². The number of carbonyl (C=O) groups is 2. The quantitative estimate of drug-likeness (QED) is 0.686. The van der Waals surface area contributed by atoms with Crippen molar-refractivity contribution in [2.24, 2.45) is 5.92 Å². The Balaban J connectivity index is 1.91. The van der Waals surface area contributed by atoms with Crippen molar-refractivity contribution in [3.8, 4) is 0 Å². The lowest BCUT2D eigenvalue weighted by Crippen LogP contribution is -2.42. The highest BCUT2D eigenvalue weighted by molar-refractivity contribution is 8.19. The molecule has 0 fully saturated rings. The van der Waals surface area contributed by atoms with Crippen LogP contribution in [0.25, 0.3) is 0 Å². The van der Waals surface area contributed by atoms with E-state index in [9.17, 15) is 9.59 Å². The molecule has 136 valence electrons. The second-order valence-corrected chi connectivity index (χ2v) is 9.51. The Kier molecular flexibility index (Phi) is 7.44. The molecule has 0 spiro atoms. The van der Waals surface area contributed by atoms with Crippen molar-refractivity contribution in [2.45, 2.75) is 48.6 Å². The van der Waals surface area contributed by atoms with Crippen LogP contribution in [-0.2, 0) is 14.3 Å². The Bertz CT molecular complexity index is 608. The Hall–Kier alpha value is -1.40. The van der Waals surface area contributed by atoms with E-state index in [1.165, 1.54) is 0 Å². The Morgan fingerprint density at radius 2 is 2.00 bits per heavy atom. The minimum absolute atomic E-state index is 0.131. The van der Waals surface area contributed by atoms with Gasteiger partial charge in [-0.1, -0.05) is 38.1 Å². The summed E-state index contributed by atoms with van der Waals surface area (Å²) in [5.41, 5.74) is 0. The van der Waals surface area contributed by atoms with Crippen molar-refractivity contribution in [1.82, 2.24) is 5.32 Å². The number of thioether (sulfide) groups is 2. The average molecular weight is 380 g/mol. The first-order chi connectivity index (χ1) is 11.9. The molecule has 4 nitrogen and oxygen atoms in total. The number of ether oxygens (including phenoxy) is 1. The lowest BCUT2D eigenvalue weighted by Gasteiger charge is -2.27. The molecule has 25 heavy (non-hydrogen) atoms. The predicted octanol–water partition coefficient (Wildman–Crippen LogP) is 4.22. The van der Waals surface area contributed by atoms with Gasteiger partial charge in [0.2, 0.25) is 5.91 Å². The molecule has 0 aromatic heterocycles. The van der Waals surface area contributed by atoms with Gasteiger partial charge in [-0.05, 0) is 36.8 Å². The summed E-state index contributed by atoms with van der Waals surface area (Å²) in [6.07, 6.45) is 3.25. The second kappa shape index (κ2) is 9.34. The third kappa shape index (κ3) is 6.44. The van der Waals surface area contributed by atoms with Gasteiger partial charge < -0.3 is 10.1 Å². The summed E-state index contributed by atoms with van der Waals surface area (Å²) < 4.78 is 4.92. The van der Waals surface area contributed by atoms with Crippen molar-refractivity contribution in [3.05, 3.63) is 41.8 Å². The summed E-state index contributed by atoms with van der Waals surface area (Å²) in [4.78, 5) is 25.5. The molecule has 1 aromatic carbocycles. The third-order valence-corrected chi connectivity index (χ3v) is 6.37. The monoisotopic (exact) mass is 379 g/mol. The average Bonchev–Trinajstić information content (AvgIpc) is 3.01. The summed E-state index contributed by atoms with van der Waals surface area (Å²) in [6.45, 7) is 5.99. The maximum Gasteiger partial charge on any atom is 0.328 e. The lowest BCUT2D eigenvalue weighted by atomic mass is 10.2. The largest absolute Gasteiger partial charge is 0.464 e. The zero-order chi connectivity index (χ0) is 18.3. The molecule has 1 N–H and O–H groups in total. The van der Waals surface area contributed by atoms with Crippen LogP contribution in [0.2, 0.25) is 0 Å². The van der Waals surface area contributed by atoms with E-state index in [-0.39, 0.29) is 21.9 Å². The van der Waals surface area contributed by atoms with Crippen molar-refractivity contribution in [1.29, 1.82) is 0 Å². The molecule has 1 aliphatic heterocycles. The van der Waals surface area contributed by atoms with E-state index in [1.54, 1.807) is 30.4 Å². The van der Waals surface area contributed by atoms with E-state index in [2.05, 4.69) is 23.5 Å². The van der Waals surface area contributed by atoms with Crippen molar-refractivity contribution >= 4 is 35.4 Å². The van der Waals surface area contributed by atoms with E-state index >= 15 is 0 Å². The van der Waals surface area contributed by atoms with Gasteiger partial charge in [0.1, 0.15) is 6.04 Å². The summed E-state index contributed by atoms with van der Waals surface area (Å²) in [5, 5.41) is 4.82. The van der Waals surface area contributed by atoms with E-state index in [4.69, 9.17) is 4.74 Å². The van der Waals surface area contributed by atoms with Gasteiger partial charge in [-0.3, -0.25) is 4.79 Å². The molecule has 6 heteroatoms. The van der Waals surface area contributed by atoms with Crippen molar-refractivity contribution in [2.75, 3.05) is 6.61 Å². The number of amides is 1. The number of benzene rings is 1. The fourth-order valence-corrected chi connectivity index (χ4v) is 4.94. The standard InChI is InChI=1S/C19H25NO3S2/c1-14(2)13-23-18(22)15(3)20-17(21)12-19(10-7-11-24-19)25-16-8-5-4-6-9-16/h4-9,11,14-15H,10,12-13H2,1-3H3,(H,20,21). The molecule has 0 saturated carbocycles. The highest BCUT2D eigenvalue weighted by Crippen LogP contribution is 2.51. The number of rotatable bonds is 8. The van der Waals surface area contributed by atoms with Crippen LogP contribution in [-0.4, -0.2) is 28.6 Å². The van der Waals surface area contributed by atoms with Gasteiger partial charge >= 0.3 is 5.97 Å². The van der Waals surface area contributed by atoms with Crippen LogP contribution in [0.5, 0.6) is 0 Å². The van der Waals surface area contributed by atoms with E-state index in [1.807, 2.05) is 37.5 Å². The number of carbonyl (C=O) groups excluding carboxylic acids is 2. The van der Waals surface area contributed by atoms with Gasteiger partial charge in [0.15, 0.2) is 0 Å². The van der Waals surface area contributed by atoms with Crippen LogP contribution < -0.4 is 5.32 Å². The molecular formula is C19H25NO3S2. The number of esters is 1. The van der Waals surface area contributed by atoms with Gasteiger partial charge in [-0.2, -0.15) is 0 Å². The number of hydrogen-bond acceptors (Lipinski definition) is 5. The Morgan fingerprint density at radius 1 is 1.28 bits per heavy atom. The van der Waals surface area contributed by atoms with E-state index in [0.29, 0.717) is 13.0 Å². The maximum absolute atomic E-state index is 12.5. The number of allylic oxidation sites excluding steroid dienone is 1. The molecule has 0 bridgehead atoms. The van der Waals surface area contributed by atoms with Gasteiger partial charge in [0.05, 0.1) is 17.1 Å². The molecule has 0 aliphatic carbocycles. The zero-order valence-electron chi connectivity index (χ0n) is 14.9. The molecule has 2 atom stereocenters. The third-order valence-electron chi connectivity index (χ3n) is 3.57. The van der Waals surface area contributed by atoms with Gasteiger partial charge in [0, 0.05) is 4.90 Å². The SMILES string of the molecule is CC(C)COC(=O)C(C)NC(=O)CC1(Sc2ccccc2)CC=CS1. The summed E-state index contributed by atoms with van der Waals surface area (Å²) in [6, 6.07) is 9.44. The highest BCUT2D eigenvalue weighted by Gasteiger charge is 2.36. The predicted molar refractivity (Wildman–Crippen MR) is 104 cm³/mol. The maximum atomic E-state index is 12.5. The molecule has 1 heterocycles. The molecule has 0 saturated heterocycles. The molecular weight excluding hydrogens is 354 g/mol. The highest BCUT2D eigenvalue weighted by atomic mass is 32.2. The minimum Gasteiger partial charge on any atom is -0.464 e. The van der Waals surface area contributed by atoms with E-state index in [0.717, 1.165) is 11.3 Å². The zero-order valence-corrected chi connectivity index (χ0v) is 16.5. The van der Waals surface area contributed by atoms with Crippen LogP contribution in [0.15, 0.2) is 46.7 Å². The van der Waals surface area contributed by atoms with Crippen LogP contribution in [0.4, 0.5) is 0 Å². The van der Waals surface area contributed by atoms with Crippen LogP contribution in [0.3, 0.4) is 0 Å². The Morgan fingerprint density at radius 3 is 2.60 bits per heavy atom. The normalized spacial score (nSPS) is 20.5. The van der Waals surface area contributed by atoms with E-state index < -0.39 is 6.04 Å². The minimum atomic E-state index is -0.635. The van der Waals surface area contributed by atoms with Crippen molar-refractivity contribution < 1.29 is 14.3 Å². The van der Waals surface area contributed by atoms with Gasteiger partial charge in [-0.15, -0.1) is 23.5 Å². The first-order valence-electron chi connectivity index (χ1n) is 8.43. The summed E-state index contributed by atoms with van der Waals surface area (Å²) in [7, 11) is 0. The smallest absolute Gasteiger partial charge is 0.328 e. The van der Waals surface area contributed by atoms with Gasteiger partial charge in [0.25, 0.3) is 0 Å². The Labute approximate surface area is 158 Å². The first kappa shape index (κ1) is 19.9. The summed E-state index contributed by atoms with van der Waals surface area (Å²) >= 11 is 3.37. The molecule has 1 aliphatic rings. The van der Waals surface area contributed by atoms with Crippen molar-refractivity contribution in [3.63, 3.8) is 0 Å². The fraction of sp³-hybridized carbons (Fsp3) is 0.474. The van der Waals surface area contributed by atoms with Crippen LogP contribution in [0, 0.1) is 5.92 Å². The summed E-state index contributed by atoms with van der Waals surface area (Å²) in [5.74, 6) is -0.240. The molecule has 2 unspecified atom stereocenters.